The Morgan fingerprint density at radius 1 is 1.16 bits per heavy atom. The molecule has 0 radical (unpaired) electrons. The Morgan fingerprint density at radius 2 is 1.89 bits per heavy atom. The lowest BCUT2D eigenvalue weighted by Crippen LogP contribution is -2.34. The molecule has 0 heterocycles. The van der Waals surface area contributed by atoms with Crippen molar-refractivity contribution in [1.82, 2.24) is 0 Å². The molecule has 2 atom stereocenters. The molecule has 0 amide bonds. The van der Waals surface area contributed by atoms with Crippen molar-refractivity contribution in [1.29, 1.82) is 0 Å². The van der Waals surface area contributed by atoms with Crippen LogP contribution in [0, 0.1) is 5.92 Å². The van der Waals surface area contributed by atoms with Gasteiger partial charge in [0.2, 0.25) is 0 Å². The standard InChI is InChI=1S/C16H23NOS/c17-16(13-4-1-2-5-13)11-19(18)15-9-8-12-6-3-7-14(12)10-15/h8-10,13,16H,1-7,11,17H2. The maximum atomic E-state index is 12.4. The van der Waals surface area contributed by atoms with E-state index in [0.29, 0.717) is 11.7 Å². The smallest absolute Gasteiger partial charge is 0.0545 e. The number of nitrogens with two attached hydrogens (primary N) is 1. The van der Waals surface area contributed by atoms with E-state index >= 15 is 0 Å². The van der Waals surface area contributed by atoms with Gasteiger partial charge in [-0.1, -0.05) is 18.9 Å². The Hall–Kier alpha value is -0.670. The third-order valence-corrected chi connectivity index (χ3v) is 6.15. The first-order valence-electron chi connectivity index (χ1n) is 7.50. The van der Waals surface area contributed by atoms with Crippen molar-refractivity contribution in [3.63, 3.8) is 0 Å². The summed E-state index contributed by atoms with van der Waals surface area (Å²) in [4.78, 5) is 0.981. The van der Waals surface area contributed by atoms with Gasteiger partial charge in [-0.3, -0.25) is 4.21 Å². The van der Waals surface area contributed by atoms with Crippen LogP contribution in [0.25, 0.3) is 0 Å². The molecule has 0 saturated heterocycles. The maximum Gasteiger partial charge on any atom is 0.0545 e. The molecule has 1 fully saturated rings. The molecule has 2 aliphatic rings. The molecule has 0 aromatic heterocycles. The van der Waals surface area contributed by atoms with Crippen LogP contribution >= 0.6 is 0 Å². The second-order valence-corrected chi connectivity index (χ2v) is 7.50. The second kappa shape index (κ2) is 5.76. The van der Waals surface area contributed by atoms with Crippen molar-refractivity contribution in [3.8, 4) is 0 Å². The third kappa shape index (κ3) is 2.92. The van der Waals surface area contributed by atoms with Gasteiger partial charge >= 0.3 is 0 Å². The Labute approximate surface area is 118 Å². The van der Waals surface area contributed by atoms with Crippen molar-refractivity contribution in [2.75, 3.05) is 5.75 Å². The highest BCUT2D eigenvalue weighted by Gasteiger charge is 2.24. The van der Waals surface area contributed by atoms with Gasteiger partial charge in [0.1, 0.15) is 0 Å². The summed E-state index contributed by atoms with van der Waals surface area (Å²) in [7, 11) is -0.927. The number of rotatable bonds is 4. The first-order valence-corrected chi connectivity index (χ1v) is 8.81. The quantitative estimate of drug-likeness (QED) is 0.919. The fourth-order valence-electron chi connectivity index (χ4n) is 3.48. The SMILES string of the molecule is NC(CS(=O)c1ccc2c(c1)CCC2)C1CCCC1. The minimum absolute atomic E-state index is 0.108. The zero-order valence-corrected chi connectivity index (χ0v) is 12.3. The molecule has 19 heavy (non-hydrogen) atoms. The van der Waals surface area contributed by atoms with Crippen LogP contribution in [0.15, 0.2) is 23.1 Å². The van der Waals surface area contributed by atoms with Gasteiger partial charge in [0, 0.05) is 16.7 Å². The molecule has 1 aromatic carbocycles. The van der Waals surface area contributed by atoms with Crippen LogP contribution in [0.4, 0.5) is 0 Å². The lowest BCUT2D eigenvalue weighted by Gasteiger charge is -2.18. The van der Waals surface area contributed by atoms with E-state index in [1.165, 1.54) is 49.7 Å². The minimum Gasteiger partial charge on any atom is -0.327 e. The zero-order chi connectivity index (χ0) is 13.2. The fraction of sp³-hybridized carbons (Fsp3) is 0.625. The zero-order valence-electron chi connectivity index (χ0n) is 11.4. The largest absolute Gasteiger partial charge is 0.327 e. The Balaban J connectivity index is 1.66. The molecule has 0 aliphatic heterocycles. The molecule has 2 aliphatic carbocycles. The minimum atomic E-state index is -0.927. The van der Waals surface area contributed by atoms with E-state index < -0.39 is 10.8 Å². The predicted molar refractivity (Wildman–Crippen MR) is 79.7 cm³/mol. The van der Waals surface area contributed by atoms with Crippen LogP contribution in [0.5, 0.6) is 0 Å². The molecule has 0 bridgehead atoms. The highest BCUT2D eigenvalue weighted by molar-refractivity contribution is 7.85. The van der Waals surface area contributed by atoms with Crippen LogP contribution in [0.2, 0.25) is 0 Å². The molecular formula is C16H23NOS. The Kier molecular flexibility index (Phi) is 4.04. The Morgan fingerprint density at radius 3 is 2.68 bits per heavy atom. The van der Waals surface area contributed by atoms with Crippen LogP contribution in [-0.2, 0) is 23.6 Å². The van der Waals surface area contributed by atoms with Gasteiger partial charge < -0.3 is 5.73 Å². The summed E-state index contributed by atoms with van der Waals surface area (Å²) in [5.41, 5.74) is 9.09. The summed E-state index contributed by atoms with van der Waals surface area (Å²) >= 11 is 0. The monoisotopic (exact) mass is 277 g/mol. The van der Waals surface area contributed by atoms with E-state index in [9.17, 15) is 4.21 Å². The average molecular weight is 277 g/mol. The van der Waals surface area contributed by atoms with Gasteiger partial charge in [-0.05, 0) is 61.3 Å². The van der Waals surface area contributed by atoms with E-state index in [1.54, 1.807) is 0 Å². The average Bonchev–Trinajstić information content (AvgIpc) is 3.09. The fourth-order valence-corrected chi connectivity index (χ4v) is 4.79. The molecular weight excluding hydrogens is 254 g/mol. The molecule has 2 N–H and O–H groups in total. The molecule has 2 nitrogen and oxygen atoms in total. The molecule has 0 spiro atoms. The van der Waals surface area contributed by atoms with Crippen molar-refractivity contribution in [3.05, 3.63) is 29.3 Å². The van der Waals surface area contributed by atoms with E-state index in [1.807, 2.05) is 6.07 Å². The first kappa shape index (κ1) is 13.3. The van der Waals surface area contributed by atoms with E-state index in [0.717, 1.165) is 11.3 Å². The normalized spacial score (nSPS) is 22.4. The lowest BCUT2D eigenvalue weighted by atomic mass is 10.0. The summed E-state index contributed by atoms with van der Waals surface area (Å²) in [5, 5.41) is 0. The number of hydrogen-bond acceptors (Lipinski definition) is 2. The van der Waals surface area contributed by atoms with E-state index in [4.69, 9.17) is 5.73 Å². The van der Waals surface area contributed by atoms with E-state index in [2.05, 4.69) is 12.1 Å². The van der Waals surface area contributed by atoms with Crippen LogP contribution in [0.1, 0.15) is 43.2 Å². The first-order chi connectivity index (χ1) is 9.24. The van der Waals surface area contributed by atoms with Gasteiger partial charge in [-0.15, -0.1) is 0 Å². The van der Waals surface area contributed by atoms with Crippen LogP contribution < -0.4 is 5.73 Å². The van der Waals surface area contributed by atoms with Crippen molar-refractivity contribution in [2.45, 2.75) is 55.9 Å². The highest BCUT2D eigenvalue weighted by Crippen LogP contribution is 2.28. The molecule has 1 saturated carbocycles. The summed E-state index contributed by atoms with van der Waals surface area (Å²) < 4.78 is 12.4. The number of benzene rings is 1. The predicted octanol–water partition coefficient (Wildman–Crippen LogP) is 2.80. The summed E-state index contributed by atoms with van der Waals surface area (Å²) in [6, 6.07) is 6.47. The van der Waals surface area contributed by atoms with Crippen molar-refractivity contribution in [2.24, 2.45) is 11.7 Å². The van der Waals surface area contributed by atoms with Crippen molar-refractivity contribution < 1.29 is 4.21 Å². The summed E-state index contributed by atoms with van der Waals surface area (Å²) in [6.07, 6.45) is 8.62. The van der Waals surface area contributed by atoms with E-state index in [-0.39, 0.29) is 6.04 Å². The number of fused-ring (bicyclic) bond motifs is 1. The maximum absolute atomic E-state index is 12.4. The molecule has 3 heteroatoms. The summed E-state index contributed by atoms with van der Waals surface area (Å²) in [5.74, 6) is 1.22. The lowest BCUT2D eigenvalue weighted by molar-refractivity contribution is 0.460. The van der Waals surface area contributed by atoms with Gasteiger partial charge in [0.05, 0.1) is 10.8 Å². The number of aryl methyl sites for hydroxylation is 2. The molecule has 2 unspecified atom stereocenters. The third-order valence-electron chi connectivity index (χ3n) is 4.68. The second-order valence-electron chi connectivity index (χ2n) is 6.00. The van der Waals surface area contributed by atoms with Gasteiger partial charge in [0.25, 0.3) is 0 Å². The van der Waals surface area contributed by atoms with Crippen molar-refractivity contribution >= 4 is 10.8 Å². The van der Waals surface area contributed by atoms with Gasteiger partial charge in [-0.25, -0.2) is 0 Å². The topological polar surface area (TPSA) is 43.1 Å². The molecule has 3 rings (SSSR count). The molecule has 1 aromatic rings. The Bertz CT molecular complexity index is 480. The highest BCUT2D eigenvalue weighted by atomic mass is 32.2. The van der Waals surface area contributed by atoms with Crippen LogP contribution in [0.3, 0.4) is 0 Å². The molecule has 104 valence electrons. The summed E-state index contributed by atoms with van der Waals surface area (Å²) in [6.45, 7) is 0. The van der Waals surface area contributed by atoms with Gasteiger partial charge in [-0.2, -0.15) is 0 Å². The van der Waals surface area contributed by atoms with Gasteiger partial charge in [0.15, 0.2) is 0 Å². The number of hydrogen-bond donors (Lipinski definition) is 1. The van der Waals surface area contributed by atoms with Crippen LogP contribution in [-0.4, -0.2) is 16.0 Å².